The summed E-state index contributed by atoms with van der Waals surface area (Å²) in [6.45, 7) is 2.04. The summed E-state index contributed by atoms with van der Waals surface area (Å²) in [7, 11) is 0. The third kappa shape index (κ3) is 2.95. The van der Waals surface area contributed by atoms with Crippen LogP contribution >= 0.6 is 0 Å². The second-order valence-corrected chi connectivity index (χ2v) is 3.38. The quantitative estimate of drug-likeness (QED) is 0.440. The van der Waals surface area contributed by atoms with Gasteiger partial charge in [0, 0.05) is 0 Å². The van der Waals surface area contributed by atoms with E-state index in [4.69, 9.17) is 11.5 Å². The predicted molar refractivity (Wildman–Crippen MR) is 62.2 cm³/mol. The van der Waals surface area contributed by atoms with Crippen LogP contribution < -0.4 is 11.5 Å². The van der Waals surface area contributed by atoms with Crippen molar-refractivity contribution in [2.75, 3.05) is 0 Å². The van der Waals surface area contributed by atoms with Crippen molar-refractivity contribution in [3.63, 3.8) is 0 Å². The zero-order valence-corrected chi connectivity index (χ0v) is 9.07. The number of primary amides is 2. The highest BCUT2D eigenvalue weighted by molar-refractivity contribution is 6.20. The van der Waals surface area contributed by atoms with E-state index in [2.05, 4.69) is 0 Å². The van der Waals surface area contributed by atoms with E-state index in [1.807, 2.05) is 31.2 Å². The van der Waals surface area contributed by atoms with Crippen molar-refractivity contribution in [2.24, 2.45) is 11.5 Å². The molecule has 0 atom stereocenters. The van der Waals surface area contributed by atoms with Crippen molar-refractivity contribution in [1.29, 1.82) is 0 Å². The lowest BCUT2D eigenvalue weighted by Gasteiger charge is -2.00. The second-order valence-electron chi connectivity index (χ2n) is 3.38. The number of hydrogen-bond donors (Lipinski definition) is 2. The Morgan fingerprint density at radius 3 is 2.00 bits per heavy atom. The number of rotatable bonds is 4. The predicted octanol–water partition coefficient (Wildman–Crippen LogP) is 0.603. The number of benzene rings is 1. The second kappa shape index (κ2) is 5.11. The SMILES string of the molecule is CCc1ccc(C=C(C(N)=O)C(N)=O)cc1. The number of nitrogens with two attached hydrogens (primary N) is 2. The van der Waals surface area contributed by atoms with Crippen LogP contribution in [0.25, 0.3) is 6.08 Å². The van der Waals surface area contributed by atoms with E-state index in [1.54, 1.807) is 0 Å². The molecule has 0 spiro atoms. The highest BCUT2D eigenvalue weighted by atomic mass is 16.2. The molecule has 2 amide bonds. The highest BCUT2D eigenvalue weighted by Crippen LogP contribution is 2.09. The Morgan fingerprint density at radius 1 is 1.12 bits per heavy atom. The molecule has 0 radical (unpaired) electrons. The Balaban J connectivity index is 3.04. The van der Waals surface area contributed by atoms with Crippen LogP contribution in [0, 0.1) is 0 Å². The van der Waals surface area contributed by atoms with Crippen molar-refractivity contribution in [3.05, 3.63) is 41.0 Å². The third-order valence-corrected chi connectivity index (χ3v) is 2.23. The van der Waals surface area contributed by atoms with E-state index < -0.39 is 11.8 Å². The zero-order chi connectivity index (χ0) is 12.1. The van der Waals surface area contributed by atoms with E-state index >= 15 is 0 Å². The first kappa shape index (κ1) is 12.0. The van der Waals surface area contributed by atoms with Gasteiger partial charge in [0.05, 0.1) is 0 Å². The average Bonchev–Trinajstić information content (AvgIpc) is 2.25. The minimum Gasteiger partial charge on any atom is -0.365 e. The van der Waals surface area contributed by atoms with Gasteiger partial charge >= 0.3 is 0 Å². The lowest BCUT2D eigenvalue weighted by Crippen LogP contribution is -2.25. The minimum absolute atomic E-state index is 0.191. The molecule has 4 nitrogen and oxygen atoms in total. The fourth-order valence-corrected chi connectivity index (χ4v) is 1.28. The molecule has 1 aromatic rings. The molecule has 0 aliphatic heterocycles. The van der Waals surface area contributed by atoms with Crippen LogP contribution in [0.3, 0.4) is 0 Å². The largest absolute Gasteiger partial charge is 0.365 e. The van der Waals surface area contributed by atoms with Gasteiger partial charge in [-0.2, -0.15) is 0 Å². The molecule has 0 aliphatic rings. The van der Waals surface area contributed by atoms with Crippen LogP contribution in [0.15, 0.2) is 29.8 Å². The van der Waals surface area contributed by atoms with Crippen LogP contribution in [0.4, 0.5) is 0 Å². The van der Waals surface area contributed by atoms with Crippen LogP contribution in [-0.4, -0.2) is 11.8 Å². The maximum absolute atomic E-state index is 10.9. The first-order chi connectivity index (χ1) is 7.54. The number of hydrogen-bond acceptors (Lipinski definition) is 2. The molecule has 16 heavy (non-hydrogen) atoms. The molecular formula is C12H14N2O2. The molecule has 4 heteroatoms. The molecule has 0 aromatic heterocycles. The average molecular weight is 218 g/mol. The summed E-state index contributed by atoms with van der Waals surface area (Å²) in [5.74, 6) is -1.63. The minimum atomic E-state index is -0.813. The fraction of sp³-hybridized carbons (Fsp3) is 0.167. The third-order valence-electron chi connectivity index (χ3n) is 2.23. The van der Waals surface area contributed by atoms with Gasteiger partial charge in [-0.3, -0.25) is 9.59 Å². The number of amides is 2. The molecule has 0 heterocycles. The van der Waals surface area contributed by atoms with Gasteiger partial charge in [-0.25, -0.2) is 0 Å². The lowest BCUT2D eigenvalue weighted by molar-refractivity contribution is -0.120. The molecule has 0 unspecified atom stereocenters. The molecule has 0 saturated heterocycles. The summed E-state index contributed by atoms with van der Waals surface area (Å²) in [5.41, 5.74) is 11.8. The van der Waals surface area contributed by atoms with Crippen LogP contribution in [0.1, 0.15) is 18.1 Å². The van der Waals surface area contributed by atoms with E-state index in [-0.39, 0.29) is 5.57 Å². The number of aryl methyl sites for hydroxylation is 1. The van der Waals surface area contributed by atoms with E-state index in [1.165, 1.54) is 11.6 Å². The smallest absolute Gasteiger partial charge is 0.254 e. The molecular weight excluding hydrogens is 204 g/mol. The van der Waals surface area contributed by atoms with E-state index in [9.17, 15) is 9.59 Å². The van der Waals surface area contributed by atoms with E-state index in [0.717, 1.165) is 12.0 Å². The summed E-state index contributed by atoms with van der Waals surface area (Å²) in [6.07, 6.45) is 2.33. The Kier molecular flexibility index (Phi) is 3.83. The van der Waals surface area contributed by atoms with Gasteiger partial charge in [-0.05, 0) is 23.6 Å². The van der Waals surface area contributed by atoms with Crippen LogP contribution in [0.2, 0.25) is 0 Å². The van der Waals surface area contributed by atoms with Gasteiger partial charge < -0.3 is 11.5 Å². The zero-order valence-electron chi connectivity index (χ0n) is 9.07. The van der Waals surface area contributed by atoms with Crippen molar-refractivity contribution >= 4 is 17.9 Å². The monoisotopic (exact) mass is 218 g/mol. The molecule has 4 N–H and O–H groups in total. The molecule has 0 aliphatic carbocycles. The van der Waals surface area contributed by atoms with Gasteiger partial charge in [-0.1, -0.05) is 31.2 Å². The summed E-state index contributed by atoms with van der Waals surface area (Å²) in [6, 6.07) is 7.46. The van der Waals surface area contributed by atoms with Crippen molar-refractivity contribution < 1.29 is 9.59 Å². The molecule has 1 rings (SSSR count). The Hall–Kier alpha value is -2.10. The fourth-order valence-electron chi connectivity index (χ4n) is 1.28. The van der Waals surface area contributed by atoms with Crippen LogP contribution in [0.5, 0.6) is 0 Å². The lowest BCUT2D eigenvalue weighted by atomic mass is 10.1. The topological polar surface area (TPSA) is 86.2 Å². The highest BCUT2D eigenvalue weighted by Gasteiger charge is 2.10. The van der Waals surface area contributed by atoms with Gasteiger partial charge in [0.15, 0.2) is 0 Å². The van der Waals surface area contributed by atoms with Crippen LogP contribution in [-0.2, 0) is 16.0 Å². The Labute approximate surface area is 93.9 Å². The summed E-state index contributed by atoms with van der Waals surface area (Å²) in [5, 5.41) is 0. The molecule has 0 fully saturated rings. The number of carbonyl (C=O) groups is 2. The van der Waals surface area contributed by atoms with Gasteiger partial charge in [-0.15, -0.1) is 0 Å². The summed E-state index contributed by atoms with van der Waals surface area (Å²) < 4.78 is 0. The van der Waals surface area contributed by atoms with Gasteiger partial charge in [0.1, 0.15) is 5.57 Å². The van der Waals surface area contributed by atoms with Crippen molar-refractivity contribution in [1.82, 2.24) is 0 Å². The van der Waals surface area contributed by atoms with E-state index in [0.29, 0.717) is 0 Å². The summed E-state index contributed by atoms with van der Waals surface area (Å²) >= 11 is 0. The number of carbonyl (C=O) groups excluding carboxylic acids is 2. The maximum atomic E-state index is 10.9. The molecule has 84 valence electrons. The van der Waals surface area contributed by atoms with Crippen molar-refractivity contribution in [3.8, 4) is 0 Å². The first-order valence-electron chi connectivity index (χ1n) is 4.94. The Morgan fingerprint density at radius 2 is 1.62 bits per heavy atom. The molecule has 1 aromatic carbocycles. The van der Waals surface area contributed by atoms with Crippen molar-refractivity contribution in [2.45, 2.75) is 13.3 Å². The standard InChI is InChI=1S/C12H14N2O2/c1-2-8-3-5-9(6-4-8)7-10(11(13)15)12(14)16/h3-7H,2H2,1H3,(H2,13,15)(H2,14,16). The first-order valence-corrected chi connectivity index (χ1v) is 4.94. The molecule has 0 bridgehead atoms. The Bertz CT molecular complexity index is 417. The van der Waals surface area contributed by atoms with Gasteiger partial charge in [0.2, 0.25) is 0 Å². The van der Waals surface area contributed by atoms with Gasteiger partial charge in [0.25, 0.3) is 11.8 Å². The maximum Gasteiger partial charge on any atom is 0.254 e. The normalized spacial score (nSPS) is 9.56. The molecule has 0 saturated carbocycles. The summed E-state index contributed by atoms with van der Waals surface area (Å²) in [4.78, 5) is 21.8.